The van der Waals surface area contributed by atoms with Crippen LogP contribution in [-0.2, 0) is 13.5 Å². The van der Waals surface area contributed by atoms with Crippen molar-refractivity contribution in [2.24, 2.45) is 7.05 Å². The molecule has 0 atom stereocenters. The molecule has 4 heteroatoms. The molecule has 2 aromatic rings. The Morgan fingerprint density at radius 2 is 2.26 bits per heavy atom. The van der Waals surface area contributed by atoms with Crippen LogP contribution in [0.4, 0.5) is 0 Å². The highest BCUT2D eigenvalue weighted by Gasteiger charge is 2.21. The number of imidazole rings is 1. The molecular weight excluding hydrogens is 238 g/mol. The van der Waals surface area contributed by atoms with Crippen molar-refractivity contribution in [1.29, 1.82) is 0 Å². The second kappa shape index (κ2) is 4.78. The number of aryl methyl sites for hydroxylation is 2. The van der Waals surface area contributed by atoms with Crippen LogP contribution in [0.25, 0.3) is 11.0 Å². The number of benzene rings is 1. The van der Waals surface area contributed by atoms with Crippen LogP contribution in [0.3, 0.4) is 0 Å². The van der Waals surface area contributed by atoms with Crippen LogP contribution in [0.5, 0.6) is 0 Å². The van der Waals surface area contributed by atoms with E-state index in [1.165, 1.54) is 12.8 Å². The van der Waals surface area contributed by atoms with Gasteiger partial charge in [0.2, 0.25) is 0 Å². The van der Waals surface area contributed by atoms with Crippen molar-refractivity contribution in [3.63, 3.8) is 0 Å². The number of carbonyl (C=O) groups excluding carboxylic acids is 1. The Kier molecular flexibility index (Phi) is 3.11. The van der Waals surface area contributed by atoms with Gasteiger partial charge in [0, 0.05) is 25.1 Å². The lowest BCUT2D eigenvalue weighted by Gasteiger charge is -2.03. The topological polar surface area (TPSA) is 46.9 Å². The molecule has 1 fully saturated rings. The molecule has 3 rings (SSSR count). The third-order valence-corrected chi connectivity index (χ3v) is 3.74. The second-order valence-electron chi connectivity index (χ2n) is 5.22. The zero-order valence-electron chi connectivity index (χ0n) is 11.4. The molecule has 0 unspecified atom stereocenters. The number of rotatable bonds is 5. The highest BCUT2D eigenvalue weighted by molar-refractivity contribution is 6.00. The van der Waals surface area contributed by atoms with Crippen LogP contribution in [-0.4, -0.2) is 27.9 Å². The number of Topliss-reactive ketones (excluding diaryl/α,β-unsaturated/α-hetero) is 1. The maximum Gasteiger partial charge on any atom is 0.176 e. The Labute approximate surface area is 112 Å². The minimum Gasteiger partial charge on any atom is -0.331 e. The summed E-state index contributed by atoms with van der Waals surface area (Å²) >= 11 is 0. The maximum atomic E-state index is 12.1. The molecule has 1 heterocycles. The predicted octanol–water partition coefficient (Wildman–Crippen LogP) is 2.07. The van der Waals surface area contributed by atoms with E-state index in [9.17, 15) is 4.79 Å². The molecule has 19 heavy (non-hydrogen) atoms. The van der Waals surface area contributed by atoms with Gasteiger partial charge in [-0.05, 0) is 31.0 Å². The molecule has 4 nitrogen and oxygen atoms in total. The lowest BCUT2D eigenvalue weighted by molar-refractivity contribution is 0.0990. The van der Waals surface area contributed by atoms with Crippen LogP contribution in [0.2, 0.25) is 0 Å². The molecular formula is C15H19N3O. The molecule has 1 aliphatic rings. The molecule has 0 radical (unpaired) electrons. The molecule has 1 aromatic carbocycles. The fraction of sp³-hybridized carbons (Fsp3) is 0.467. The van der Waals surface area contributed by atoms with Gasteiger partial charge in [0.15, 0.2) is 5.78 Å². The highest BCUT2D eigenvalue weighted by Crippen LogP contribution is 2.19. The molecule has 1 N–H and O–H groups in total. The Morgan fingerprint density at radius 1 is 1.47 bits per heavy atom. The Bertz CT molecular complexity index is 626. The van der Waals surface area contributed by atoms with E-state index in [1.807, 2.05) is 25.2 Å². The fourth-order valence-corrected chi connectivity index (χ4v) is 2.37. The van der Waals surface area contributed by atoms with Crippen molar-refractivity contribution in [2.75, 3.05) is 6.54 Å². The van der Waals surface area contributed by atoms with Gasteiger partial charge >= 0.3 is 0 Å². The third-order valence-electron chi connectivity index (χ3n) is 3.74. The summed E-state index contributed by atoms with van der Waals surface area (Å²) in [4.78, 5) is 16.7. The number of nitrogens with zero attached hydrogens (tertiary/aromatic N) is 2. The Hall–Kier alpha value is -1.68. The first kappa shape index (κ1) is 12.4. The quantitative estimate of drug-likeness (QED) is 0.834. The van der Waals surface area contributed by atoms with Crippen molar-refractivity contribution >= 4 is 16.8 Å². The highest BCUT2D eigenvalue weighted by atomic mass is 16.1. The minimum absolute atomic E-state index is 0.150. The van der Waals surface area contributed by atoms with Crippen LogP contribution < -0.4 is 5.32 Å². The summed E-state index contributed by atoms with van der Waals surface area (Å²) in [7, 11) is 2.02. The van der Waals surface area contributed by atoms with Crippen molar-refractivity contribution in [3.8, 4) is 0 Å². The Balaban J connectivity index is 1.85. The molecule has 0 amide bonds. The zero-order chi connectivity index (χ0) is 13.4. The van der Waals surface area contributed by atoms with Gasteiger partial charge in [-0.3, -0.25) is 4.79 Å². The van der Waals surface area contributed by atoms with Crippen molar-refractivity contribution in [3.05, 3.63) is 29.6 Å². The third kappa shape index (κ3) is 2.40. The fourth-order valence-electron chi connectivity index (χ4n) is 2.37. The smallest absolute Gasteiger partial charge is 0.176 e. The normalized spacial score (nSPS) is 15.1. The predicted molar refractivity (Wildman–Crippen MR) is 75.4 cm³/mol. The van der Waals surface area contributed by atoms with Gasteiger partial charge in [-0.1, -0.05) is 6.92 Å². The van der Waals surface area contributed by atoms with E-state index in [2.05, 4.69) is 21.8 Å². The molecule has 0 spiro atoms. The number of aromatic nitrogens is 2. The average molecular weight is 257 g/mol. The minimum atomic E-state index is 0.150. The van der Waals surface area contributed by atoms with Gasteiger partial charge in [-0.25, -0.2) is 4.98 Å². The number of hydrogen-bond acceptors (Lipinski definition) is 3. The van der Waals surface area contributed by atoms with Crippen LogP contribution in [0.1, 0.15) is 35.9 Å². The van der Waals surface area contributed by atoms with Gasteiger partial charge in [0.05, 0.1) is 17.6 Å². The summed E-state index contributed by atoms with van der Waals surface area (Å²) in [5.41, 5.74) is 2.75. The summed E-state index contributed by atoms with van der Waals surface area (Å²) in [6.07, 6.45) is 3.30. The standard InChI is InChI=1S/C15H19N3O/c1-3-15-17-12-8-10(4-7-13(12)18(15)2)14(19)9-16-11-5-6-11/h4,7-8,11,16H,3,5-6,9H2,1-2H3. The zero-order valence-corrected chi connectivity index (χ0v) is 11.4. The van der Waals surface area contributed by atoms with E-state index in [4.69, 9.17) is 0 Å². The first-order valence-corrected chi connectivity index (χ1v) is 6.91. The molecule has 0 saturated heterocycles. The lowest BCUT2D eigenvalue weighted by atomic mass is 10.1. The van der Waals surface area contributed by atoms with Gasteiger partial charge in [0.1, 0.15) is 5.82 Å². The maximum absolute atomic E-state index is 12.1. The average Bonchev–Trinajstić information content (AvgIpc) is 3.20. The first-order valence-electron chi connectivity index (χ1n) is 6.91. The number of hydrogen-bond donors (Lipinski definition) is 1. The van der Waals surface area contributed by atoms with Crippen LogP contribution >= 0.6 is 0 Å². The molecule has 1 saturated carbocycles. The number of carbonyl (C=O) groups is 1. The molecule has 100 valence electrons. The SMILES string of the molecule is CCc1nc2cc(C(=O)CNC3CC3)ccc2n1C. The summed E-state index contributed by atoms with van der Waals surface area (Å²) < 4.78 is 2.09. The monoisotopic (exact) mass is 257 g/mol. The van der Waals surface area contributed by atoms with E-state index in [0.717, 1.165) is 28.8 Å². The first-order chi connectivity index (χ1) is 9.19. The summed E-state index contributed by atoms with van der Waals surface area (Å²) in [6.45, 7) is 2.52. The van der Waals surface area contributed by atoms with Gasteiger partial charge in [-0.15, -0.1) is 0 Å². The van der Waals surface area contributed by atoms with E-state index in [1.54, 1.807) is 0 Å². The number of ketones is 1. The van der Waals surface area contributed by atoms with Gasteiger partial charge < -0.3 is 9.88 Å². The summed E-state index contributed by atoms with van der Waals surface area (Å²) in [5.74, 6) is 1.20. The van der Waals surface area contributed by atoms with E-state index in [-0.39, 0.29) is 5.78 Å². The second-order valence-corrected chi connectivity index (χ2v) is 5.22. The van der Waals surface area contributed by atoms with Crippen LogP contribution in [0.15, 0.2) is 18.2 Å². The van der Waals surface area contributed by atoms with E-state index < -0.39 is 0 Å². The van der Waals surface area contributed by atoms with Gasteiger partial charge in [0.25, 0.3) is 0 Å². The molecule has 1 aliphatic carbocycles. The number of nitrogens with one attached hydrogen (secondary N) is 1. The van der Waals surface area contributed by atoms with Crippen molar-refractivity contribution in [1.82, 2.24) is 14.9 Å². The molecule has 0 bridgehead atoms. The van der Waals surface area contributed by atoms with E-state index >= 15 is 0 Å². The van der Waals surface area contributed by atoms with Gasteiger partial charge in [-0.2, -0.15) is 0 Å². The van der Waals surface area contributed by atoms with Crippen LogP contribution in [0, 0.1) is 0 Å². The lowest BCUT2D eigenvalue weighted by Crippen LogP contribution is -2.24. The van der Waals surface area contributed by atoms with Crippen molar-refractivity contribution in [2.45, 2.75) is 32.2 Å². The summed E-state index contributed by atoms with van der Waals surface area (Å²) in [5, 5.41) is 3.26. The largest absolute Gasteiger partial charge is 0.331 e. The number of fused-ring (bicyclic) bond motifs is 1. The van der Waals surface area contributed by atoms with E-state index in [0.29, 0.717) is 12.6 Å². The summed E-state index contributed by atoms with van der Waals surface area (Å²) in [6, 6.07) is 6.37. The molecule has 1 aromatic heterocycles. The Morgan fingerprint density at radius 3 is 2.95 bits per heavy atom. The molecule has 0 aliphatic heterocycles. The van der Waals surface area contributed by atoms with Crippen molar-refractivity contribution < 1.29 is 4.79 Å².